The highest BCUT2D eigenvalue weighted by atomic mass is 16.2. The summed E-state index contributed by atoms with van der Waals surface area (Å²) in [7, 11) is 0. The van der Waals surface area contributed by atoms with Gasteiger partial charge in [-0.05, 0) is 64.5 Å². The molecule has 1 heterocycles. The van der Waals surface area contributed by atoms with Crippen LogP contribution in [0.4, 0.5) is 0 Å². The number of rotatable bonds is 4. The maximum Gasteiger partial charge on any atom is 0.226 e. The zero-order chi connectivity index (χ0) is 13.4. The zero-order valence-electron chi connectivity index (χ0n) is 12.3. The lowest BCUT2D eigenvalue weighted by molar-refractivity contribution is -0.134. The topological polar surface area (TPSA) is 41.1 Å². The van der Waals surface area contributed by atoms with Crippen molar-refractivity contribution in [2.45, 2.75) is 58.9 Å². The van der Waals surface area contributed by atoms with E-state index in [0.717, 1.165) is 19.5 Å². The predicted octanol–water partition coefficient (Wildman–Crippen LogP) is 2.32. The fourth-order valence-corrected chi connectivity index (χ4v) is 3.01. The Balaban J connectivity index is 1.97. The number of piperidine rings is 1. The van der Waals surface area contributed by atoms with E-state index in [-0.39, 0.29) is 16.9 Å². The lowest BCUT2D eigenvalue weighted by Crippen LogP contribution is -2.54. The van der Waals surface area contributed by atoms with Crippen LogP contribution in [0.2, 0.25) is 0 Å². The molecular formula is C15H28N2O. The summed E-state index contributed by atoms with van der Waals surface area (Å²) in [6.45, 7) is 10.6. The van der Waals surface area contributed by atoms with Crippen molar-refractivity contribution in [1.29, 1.82) is 0 Å². The van der Waals surface area contributed by atoms with Crippen molar-refractivity contribution in [2.75, 3.05) is 13.1 Å². The Morgan fingerprint density at radius 2 is 1.78 bits per heavy atom. The highest BCUT2D eigenvalue weighted by Gasteiger charge is 2.43. The summed E-state index contributed by atoms with van der Waals surface area (Å²) >= 11 is 0. The van der Waals surface area contributed by atoms with Crippen LogP contribution in [-0.2, 0) is 4.79 Å². The minimum absolute atomic E-state index is 0.0313. The van der Waals surface area contributed by atoms with Crippen molar-refractivity contribution in [3.63, 3.8) is 0 Å². The van der Waals surface area contributed by atoms with Gasteiger partial charge in [0.05, 0.1) is 0 Å². The largest absolute Gasteiger partial charge is 0.350 e. The van der Waals surface area contributed by atoms with E-state index in [9.17, 15) is 4.79 Å². The Morgan fingerprint density at radius 1 is 1.11 bits per heavy atom. The highest BCUT2D eigenvalue weighted by molar-refractivity contribution is 5.83. The molecule has 2 aliphatic rings. The van der Waals surface area contributed by atoms with Crippen molar-refractivity contribution in [3.05, 3.63) is 0 Å². The minimum Gasteiger partial charge on any atom is -0.350 e. The summed E-state index contributed by atoms with van der Waals surface area (Å²) in [6.07, 6.45) is 4.88. The minimum atomic E-state index is -0.264. The molecule has 3 heteroatoms. The van der Waals surface area contributed by atoms with E-state index in [1.165, 1.54) is 19.3 Å². The van der Waals surface area contributed by atoms with E-state index in [1.807, 2.05) is 0 Å². The van der Waals surface area contributed by atoms with Gasteiger partial charge in [0.2, 0.25) is 5.91 Å². The molecule has 1 saturated carbocycles. The van der Waals surface area contributed by atoms with Gasteiger partial charge in [0, 0.05) is 11.0 Å². The molecule has 1 saturated heterocycles. The van der Waals surface area contributed by atoms with Gasteiger partial charge in [0.1, 0.15) is 0 Å². The lowest BCUT2D eigenvalue weighted by Gasteiger charge is -2.39. The van der Waals surface area contributed by atoms with Gasteiger partial charge in [-0.3, -0.25) is 4.79 Å². The molecular weight excluding hydrogens is 224 g/mol. The zero-order valence-corrected chi connectivity index (χ0v) is 12.3. The molecule has 0 aromatic rings. The first kappa shape index (κ1) is 13.9. The van der Waals surface area contributed by atoms with Gasteiger partial charge in [0.15, 0.2) is 0 Å². The Labute approximate surface area is 111 Å². The Hall–Kier alpha value is -0.570. The second kappa shape index (κ2) is 4.84. The summed E-state index contributed by atoms with van der Waals surface area (Å²) in [4.78, 5) is 12.6. The number of hydrogen-bond acceptors (Lipinski definition) is 2. The van der Waals surface area contributed by atoms with Crippen molar-refractivity contribution < 1.29 is 4.79 Å². The Kier molecular flexibility index (Phi) is 3.72. The predicted molar refractivity (Wildman–Crippen MR) is 74.3 cm³/mol. The molecule has 3 nitrogen and oxygen atoms in total. The van der Waals surface area contributed by atoms with Gasteiger partial charge >= 0.3 is 0 Å². The molecule has 2 rings (SSSR count). The molecule has 0 radical (unpaired) electrons. The average Bonchev–Trinajstić information content (AvgIpc) is 3.13. The molecule has 104 valence electrons. The molecule has 2 N–H and O–H groups in total. The lowest BCUT2D eigenvalue weighted by atomic mass is 9.74. The third-order valence-corrected chi connectivity index (χ3v) is 4.94. The number of nitrogens with one attached hydrogen (secondary N) is 2. The van der Waals surface area contributed by atoms with Gasteiger partial charge < -0.3 is 10.6 Å². The van der Waals surface area contributed by atoms with E-state index >= 15 is 0 Å². The van der Waals surface area contributed by atoms with Gasteiger partial charge in [0.25, 0.3) is 0 Å². The first-order chi connectivity index (χ1) is 8.34. The van der Waals surface area contributed by atoms with Crippen LogP contribution in [0.25, 0.3) is 0 Å². The SMILES string of the molecule is CC(C)(NC(=O)C(C)(C)C1CCCNC1)C1CC1. The van der Waals surface area contributed by atoms with E-state index in [4.69, 9.17) is 0 Å². The maximum atomic E-state index is 12.6. The normalized spacial score (nSPS) is 25.9. The molecule has 1 unspecified atom stereocenters. The summed E-state index contributed by atoms with van der Waals surface area (Å²) in [5.74, 6) is 1.37. The summed E-state index contributed by atoms with van der Waals surface area (Å²) in [5, 5.41) is 6.70. The Bertz CT molecular complexity index is 312. The average molecular weight is 252 g/mol. The van der Waals surface area contributed by atoms with Crippen LogP contribution in [0.3, 0.4) is 0 Å². The smallest absolute Gasteiger partial charge is 0.226 e. The van der Waals surface area contributed by atoms with Crippen molar-refractivity contribution in [1.82, 2.24) is 10.6 Å². The van der Waals surface area contributed by atoms with Crippen LogP contribution < -0.4 is 10.6 Å². The molecule has 0 aromatic heterocycles. The monoisotopic (exact) mass is 252 g/mol. The highest BCUT2D eigenvalue weighted by Crippen LogP contribution is 2.40. The number of hydrogen-bond donors (Lipinski definition) is 2. The van der Waals surface area contributed by atoms with Gasteiger partial charge in [-0.1, -0.05) is 13.8 Å². The maximum absolute atomic E-state index is 12.6. The number of carbonyl (C=O) groups excluding carboxylic acids is 1. The fourth-order valence-electron chi connectivity index (χ4n) is 3.01. The number of amides is 1. The third-order valence-electron chi connectivity index (χ3n) is 4.94. The summed E-state index contributed by atoms with van der Waals surface area (Å²) in [5.41, 5.74) is -0.296. The summed E-state index contributed by atoms with van der Waals surface area (Å²) in [6, 6.07) is 0. The van der Waals surface area contributed by atoms with Gasteiger partial charge in [-0.25, -0.2) is 0 Å². The van der Waals surface area contributed by atoms with Gasteiger partial charge in [-0.2, -0.15) is 0 Å². The molecule has 2 fully saturated rings. The molecule has 0 bridgehead atoms. The molecule has 0 spiro atoms. The molecule has 1 amide bonds. The summed E-state index contributed by atoms with van der Waals surface area (Å²) < 4.78 is 0. The quantitative estimate of drug-likeness (QED) is 0.806. The third kappa shape index (κ3) is 2.87. The second-order valence-electron chi connectivity index (χ2n) is 7.22. The van der Waals surface area contributed by atoms with E-state index in [0.29, 0.717) is 11.8 Å². The van der Waals surface area contributed by atoms with E-state index in [1.54, 1.807) is 0 Å². The fraction of sp³-hybridized carbons (Fsp3) is 0.933. The number of carbonyl (C=O) groups is 1. The van der Waals surface area contributed by atoms with Crippen molar-refractivity contribution in [3.8, 4) is 0 Å². The standard InChI is InChI=1S/C15H28N2O/c1-14(2,12-6-5-9-16-10-12)13(18)17-15(3,4)11-7-8-11/h11-12,16H,5-10H2,1-4H3,(H,17,18). The van der Waals surface area contributed by atoms with Crippen LogP contribution in [0.15, 0.2) is 0 Å². The van der Waals surface area contributed by atoms with E-state index in [2.05, 4.69) is 38.3 Å². The Morgan fingerprint density at radius 3 is 2.28 bits per heavy atom. The van der Waals surface area contributed by atoms with Crippen molar-refractivity contribution in [2.24, 2.45) is 17.3 Å². The molecule has 1 aliphatic heterocycles. The van der Waals surface area contributed by atoms with Crippen molar-refractivity contribution >= 4 is 5.91 Å². The first-order valence-corrected chi connectivity index (χ1v) is 7.37. The van der Waals surface area contributed by atoms with Crippen LogP contribution in [0.1, 0.15) is 53.4 Å². The van der Waals surface area contributed by atoms with Gasteiger partial charge in [-0.15, -0.1) is 0 Å². The molecule has 0 aromatic carbocycles. The van der Waals surface area contributed by atoms with Crippen LogP contribution in [0.5, 0.6) is 0 Å². The second-order valence-corrected chi connectivity index (χ2v) is 7.22. The van der Waals surface area contributed by atoms with Crippen LogP contribution in [-0.4, -0.2) is 24.5 Å². The molecule has 18 heavy (non-hydrogen) atoms. The van der Waals surface area contributed by atoms with E-state index < -0.39 is 0 Å². The van der Waals surface area contributed by atoms with Crippen LogP contribution in [0, 0.1) is 17.3 Å². The van der Waals surface area contributed by atoms with Crippen LogP contribution >= 0.6 is 0 Å². The first-order valence-electron chi connectivity index (χ1n) is 7.37. The molecule has 1 aliphatic carbocycles. The molecule has 1 atom stereocenters.